The van der Waals surface area contributed by atoms with Gasteiger partial charge < -0.3 is 13.6 Å². The smallest absolute Gasteiger partial charge is 0.379 e. The highest BCUT2D eigenvalue weighted by Crippen LogP contribution is 2.32. The minimum atomic E-state index is -0.786. The molecule has 0 bridgehead atoms. The molecule has 3 aromatic carbocycles. The van der Waals surface area contributed by atoms with Crippen LogP contribution in [-0.4, -0.2) is 5.97 Å². The maximum atomic E-state index is 13.3. The molecule has 5 aromatic rings. The largest absolute Gasteiger partial charge is 0.452 e. The van der Waals surface area contributed by atoms with Crippen LogP contribution in [0.2, 0.25) is 5.02 Å². The van der Waals surface area contributed by atoms with Crippen LogP contribution in [0.3, 0.4) is 0 Å². The van der Waals surface area contributed by atoms with Gasteiger partial charge >= 0.3 is 5.97 Å². The van der Waals surface area contributed by atoms with Gasteiger partial charge in [-0.3, -0.25) is 4.79 Å². The van der Waals surface area contributed by atoms with E-state index in [-0.39, 0.29) is 17.3 Å². The summed E-state index contributed by atoms with van der Waals surface area (Å²) in [7, 11) is 0. The number of furan rings is 1. The van der Waals surface area contributed by atoms with Crippen molar-refractivity contribution in [3.63, 3.8) is 0 Å². The molecule has 5 rings (SSSR count). The highest BCUT2D eigenvalue weighted by molar-refractivity contribution is 6.30. The molecular weight excluding hydrogens is 416 g/mol. The molecule has 5 nitrogen and oxygen atoms in total. The van der Waals surface area contributed by atoms with Gasteiger partial charge in [0.1, 0.15) is 11.2 Å². The van der Waals surface area contributed by atoms with Crippen molar-refractivity contribution in [2.45, 2.75) is 6.92 Å². The van der Waals surface area contributed by atoms with E-state index >= 15 is 0 Å². The molecule has 0 N–H and O–H groups in total. The molecule has 0 aliphatic carbocycles. The van der Waals surface area contributed by atoms with Crippen molar-refractivity contribution in [1.29, 1.82) is 0 Å². The van der Waals surface area contributed by atoms with Gasteiger partial charge in [0.2, 0.25) is 16.9 Å². The van der Waals surface area contributed by atoms with E-state index in [1.54, 1.807) is 54.6 Å². The van der Waals surface area contributed by atoms with E-state index in [1.807, 2.05) is 25.1 Å². The average molecular weight is 431 g/mol. The number of aryl methyl sites for hydroxylation is 1. The Bertz CT molecular complexity index is 1480. The van der Waals surface area contributed by atoms with E-state index in [1.165, 1.54) is 0 Å². The molecule has 31 heavy (non-hydrogen) atoms. The van der Waals surface area contributed by atoms with Crippen LogP contribution < -0.4 is 10.2 Å². The van der Waals surface area contributed by atoms with Crippen LogP contribution in [0.5, 0.6) is 5.75 Å². The molecule has 6 heteroatoms. The van der Waals surface area contributed by atoms with E-state index in [0.717, 1.165) is 10.9 Å². The second kappa shape index (κ2) is 7.45. The lowest BCUT2D eigenvalue weighted by Gasteiger charge is -2.10. The third-order valence-electron chi connectivity index (χ3n) is 4.93. The fraction of sp³-hybridized carbons (Fsp3) is 0.0400. The number of esters is 1. The number of hydrogen-bond donors (Lipinski definition) is 0. The summed E-state index contributed by atoms with van der Waals surface area (Å²) in [5.74, 6) is -0.855. The number of halogens is 1. The fourth-order valence-corrected chi connectivity index (χ4v) is 3.53. The summed E-state index contributed by atoms with van der Waals surface area (Å²) in [4.78, 5) is 26.1. The third kappa shape index (κ3) is 3.49. The summed E-state index contributed by atoms with van der Waals surface area (Å²) in [5, 5.41) is 1.61. The fourth-order valence-electron chi connectivity index (χ4n) is 3.40. The Kier molecular flexibility index (Phi) is 4.60. The lowest BCUT2D eigenvalue weighted by Crippen LogP contribution is -2.16. The first-order chi connectivity index (χ1) is 15.0. The van der Waals surface area contributed by atoms with Gasteiger partial charge in [-0.1, -0.05) is 41.4 Å². The molecule has 0 atom stereocenters. The molecule has 0 saturated carbocycles. The third-order valence-corrected chi connectivity index (χ3v) is 5.18. The summed E-state index contributed by atoms with van der Waals surface area (Å²) < 4.78 is 17.1. The van der Waals surface area contributed by atoms with Crippen LogP contribution in [0.1, 0.15) is 16.1 Å². The van der Waals surface area contributed by atoms with Crippen molar-refractivity contribution in [2.75, 3.05) is 0 Å². The van der Waals surface area contributed by atoms with Gasteiger partial charge in [-0.05, 0) is 55.5 Å². The number of fused-ring (bicyclic) bond motifs is 2. The number of carbonyl (C=O) groups excluding carboxylic acids is 1. The predicted molar refractivity (Wildman–Crippen MR) is 119 cm³/mol. The molecule has 2 heterocycles. The monoisotopic (exact) mass is 430 g/mol. The van der Waals surface area contributed by atoms with Gasteiger partial charge in [0, 0.05) is 16.0 Å². The van der Waals surface area contributed by atoms with Crippen molar-refractivity contribution in [3.8, 4) is 17.1 Å². The van der Waals surface area contributed by atoms with E-state index in [9.17, 15) is 9.59 Å². The maximum Gasteiger partial charge on any atom is 0.379 e. The minimum absolute atomic E-state index is 0.00741. The number of hydrogen-bond acceptors (Lipinski definition) is 5. The van der Waals surface area contributed by atoms with Gasteiger partial charge in [-0.25, -0.2) is 4.79 Å². The summed E-state index contributed by atoms with van der Waals surface area (Å²) in [6.07, 6.45) is 0. The molecule has 0 amide bonds. The Morgan fingerprint density at radius 1 is 0.903 bits per heavy atom. The zero-order valence-electron chi connectivity index (χ0n) is 16.3. The van der Waals surface area contributed by atoms with Crippen LogP contribution in [0.15, 0.2) is 86.4 Å². The van der Waals surface area contributed by atoms with Crippen molar-refractivity contribution >= 4 is 39.5 Å². The molecule has 0 radical (unpaired) electrons. The standard InChI is InChI=1S/C25H15ClO5/c1-14-6-11-20-18(12-14)22(27)24(23(30-20)15-7-9-17(26)10-8-15)31-25(28)21-13-16-4-2-3-5-19(16)29-21/h2-13H,1H3. The lowest BCUT2D eigenvalue weighted by atomic mass is 10.1. The lowest BCUT2D eigenvalue weighted by molar-refractivity contribution is 0.0700. The van der Waals surface area contributed by atoms with Gasteiger partial charge in [-0.2, -0.15) is 0 Å². The van der Waals surface area contributed by atoms with Crippen molar-refractivity contribution in [1.82, 2.24) is 0 Å². The molecule has 0 saturated heterocycles. The first kappa shape index (κ1) is 19.2. The Morgan fingerprint density at radius 3 is 2.45 bits per heavy atom. The molecular formula is C25H15ClO5. The van der Waals surface area contributed by atoms with Crippen LogP contribution in [-0.2, 0) is 0 Å². The minimum Gasteiger partial charge on any atom is -0.452 e. The van der Waals surface area contributed by atoms with Crippen LogP contribution in [0, 0.1) is 6.92 Å². The number of para-hydroxylation sites is 1. The van der Waals surface area contributed by atoms with E-state index < -0.39 is 11.4 Å². The zero-order valence-corrected chi connectivity index (χ0v) is 17.1. The van der Waals surface area contributed by atoms with Gasteiger partial charge in [-0.15, -0.1) is 0 Å². The molecule has 2 aromatic heterocycles. The molecule has 0 spiro atoms. The number of carbonyl (C=O) groups is 1. The van der Waals surface area contributed by atoms with E-state index in [2.05, 4.69) is 0 Å². The molecule has 0 fully saturated rings. The number of benzene rings is 3. The topological polar surface area (TPSA) is 69.7 Å². The highest BCUT2D eigenvalue weighted by Gasteiger charge is 2.23. The second-order valence-electron chi connectivity index (χ2n) is 7.13. The summed E-state index contributed by atoms with van der Waals surface area (Å²) in [5.41, 5.74) is 1.93. The van der Waals surface area contributed by atoms with Gasteiger partial charge in [0.15, 0.2) is 5.76 Å². The number of ether oxygens (including phenoxy) is 1. The quantitative estimate of drug-likeness (QED) is 0.310. The molecule has 0 aliphatic rings. The van der Waals surface area contributed by atoms with Crippen molar-refractivity contribution in [2.24, 2.45) is 0 Å². The highest BCUT2D eigenvalue weighted by atomic mass is 35.5. The Morgan fingerprint density at radius 2 is 1.68 bits per heavy atom. The van der Waals surface area contributed by atoms with Gasteiger partial charge in [0.05, 0.1) is 5.39 Å². The summed E-state index contributed by atoms with van der Waals surface area (Å²) >= 11 is 6.00. The van der Waals surface area contributed by atoms with Crippen molar-refractivity contribution in [3.05, 3.63) is 99.4 Å². The molecule has 0 unspecified atom stereocenters. The predicted octanol–water partition coefficient (Wildman–Crippen LogP) is 6.39. The first-order valence-electron chi connectivity index (χ1n) is 9.54. The van der Waals surface area contributed by atoms with Crippen molar-refractivity contribution < 1.29 is 18.4 Å². The SMILES string of the molecule is Cc1ccc2oc(-c3ccc(Cl)cc3)c(OC(=O)c3cc4ccccc4o3)c(=O)c2c1. The Balaban J connectivity index is 1.67. The Labute approximate surface area is 181 Å². The normalized spacial score (nSPS) is 11.2. The van der Waals surface area contributed by atoms with Gasteiger partial charge in [0.25, 0.3) is 0 Å². The van der Waals surface area contributed by atoms with E-state index in [4.69, 9.17) is 25.2 Å². The Hall–Kier alpha value is -3.83. The van der Waals surface area contributed by atoms with Crippen LogP contribution in [0.4, 0.5) is 0 Å². The van der Waals surface area contributed by atoms with Crippen LogP contribution >= 0.6 is 11.6 Å². The average Bonchev–Trinajstić information content (AvgIpc) is 3.21. The molecule has 0 aliphatic heterocycles. The van der Waals surface area contributed by atoms with Crippen LogP contribution in [0.25, 0.3) is 33.3 Å². The zero-order chi connectivity index (χ0) is 21.5. The second-order valence-corrected chi connectivity index (χ2v) is 7.57. The first-order valence-corrected chi connectivity index (χ1v) is 9.91. The molecule has 152 valence electrons. The van der Waals surface area contributed by atoms with E-state index in [0.29, 0.717) is 27.1 Å². The number of rotatable bonds is 3. The maximum absolute atomic E-state index is 13.3. The summed E-state index contributed by atoms with van der Waals surface area (Å²) in [6, 6.07) is 20.8. The summed E-state index contributed by atoms with van der Waals surface area (Å²) in [6.45, 7) is 1.87.